The molecule has 5 aromatic rings. The average molecular weight is 426 g/mol. The second-order valence-electron chi connectivity index (χ2n) is 7.27. The summed E-state index contributed by atoms with van der Waals surface area (Å²) in [7, 11) is 0. The second kappa shape index (κ2) is 8.03. The van der Waals surface area contributed by atoms with Crippen molar-refractivity contribution in [2.75, 3.05) is 5.32 Å². The summed E-state index contributed by atoms with van der Waals surface area (Å²) in [6.45, 7) is 3.77. The van der Waals surface area contributed by atoms with E-state index in [4.69, 9.17) is 0 Å². The Bertz CT molecular complexity index is 1370. The third-order valence-electron chi connectivity index (χ3n) is 4.92. The van der Waals surface area contributed by atoms with Gasteiger partial charge < -0.3 is 5.32 Å². The zero-order valence-corrected chi connectivity index (χ0v) is 17.4. The molecule has 0 radical (unpaired) electrons. The van der Waals surface area contributed by atoms with Crippen LogP contribution in [0.1, 0.15) is 11.6 Å². The maximum Gasteiger partial charge on any atom is 0.227 e. The molecule has 8 nitrogen and oxygen atoms in total. The number of rotatable bonds is 5. The van der Waals surface area contributed by atoms with Crippen LogP contribution in [0.4, 0.5) is 16.0 Å². The van der Waals surface area contributed by atoms with E-state index >= 15 is 0 Å². The van der Waals surface area contributed by atoms with Gasteiger partial charge in [-0.05, 0) is 67.9 Å². The summed E-state index contributed by atoms with van der Waals surface area (Å²) in [4.78, 5) is 13.2. The van der Waals surface area contributed by atoms with Crippen LogP contribution in [0.5, 0.6) is 0 Å². The molecule has 0 unspecified atom stereocenters. The van der Waals surface area contributed by atoms with Crippen LogP contribution in [0, 0.1) is 19.7 Å². The van der Waals surface area contributed by atoms with Crippen molar-refractivity contribution in [1.82, 2.24) is 34.9 Å². The molecule has 158 valence electrons. The highest BCUT2D eigenvalue weighted by Crippen LogP contribution is 2.27. The molecule has 2 aromatic carbocycles. The first-order valence-corrected chi connectivity index (χ1v) is 9.96. The highest BCUT2D eigenvalue weighted by molar-refractivity contribution is 5.71. The van der Waals surface area contributed by atoms with Crippen molar-refractivity contribution < 1.29 is 4.39 Å². The van der Waals surface area contributed by atoms with Gasteiger partial charge in [-0.3, -0.25) is 5.10 Å². The average Bonchev–Trinajstić information content (AvgIpc) is 3.44. The SMILES string of the molecule is Cc1nc(C)n(-c2ccc(Nc3nccc(-c4cc(F)cc(-c5cn[nH]c5)c4)n3)cc2)n1. The maximum absolute atomic E-state index is 14.3. The van der Waals surface area contributed by atoms with Crippen LogP contribution in [-0.2, 0) is 0 Å². The van der Waals surface area contributed by atoms with Crippen LogP contribution < -0.4 is 5.32 Å². The predicted octanol–water partition coefficient (Wildman–Crippen LogP) is 4.61. The third kappa shape index (κ3) is 3.95. The van der Waals surface area contributed by atoms with Crippen LogP contribution in [0.15, 0.2) is 67.1 Å². The van der Waals surface area contributed by atoms with Crippen molar-refractivity contribution in [3.8, 4) is 28.1 Å². The fraction of sp³-hybridized carbons (Fsp3) is 0.0870. The molecule has 0 bridgehead atoms. The first kappa shape index (κ1) is 19.6. The van der Waals surface area contributed by atoms with Crippen molar-refractivity contribution in [2.24, 2.45) is 0 Å². The van der Waals surface area contributed by atoms with Gasteiger partial charge in [-0.25, -0.2) is 24.0 Å². The summed E-state index contributed by atoms with van der Waals surface area (Å²) in [5, 5.41) is 14.3. The van der Waals surface area contributed by atoms with Crippen LogP contribution >= 0.6 is 0 Å². The normalized spacial score (nSPS) is 11.0. The van der Waals surface area contributed by atoms with E-state index in [9.17, 15) is 4.39 Å². The van der Waals surface area contributed by atoms with Gasteiger partial charge in [-0.15, -0.1) is 0 Å². The lowest BCUT2D eigenvalue weighted by Crippen LogP contribution is -2.01. The number of aryl methyl sites for hydroxylation is 2. The Morgan fingerprint density at radius 1 is 0.938 bits per heavy atom. The van der Waals surface area contributed by atoms with Gasteiger partial charge in [0, 0.05) is 29.2 Å². The van der Waals surface area contributed by atoms with Crippen LogP contribution in [0.3, 0.4) is 0 Å². The summed E-state index contributed by atoms with van der Waals surface area (Å²) >= 11 is 0. The number of hydrogen-bond acceptors (Lipinski definition) is 6. The number of aromatic amines is 1. The van der Waals surface area contributed by atoms with E-state index in [0.29, 0.717) is 17.2 Å². The molecule has 3 heterocycles. The zero-order chi connectivity index (χ0) is 22.1. The van der Waals surface area contributed by atoms with E-state index in [1.165, 1.54) is 12.1 Å². The molecule has 0 spiro atoms. The monoisotopic (exact) mass is 426 g/mol. The van der Waals surface area contributed by atoms with Gasteiger partial charge in [0.2, 0.25) is 5.95 Å². The number of aromatic nitrogens is 7. The van der Waals surface area contributed by atoms with E-state index in [1.54, 1.807) is 29.3 Å². The van der Waals surface area contributed by atoms with Gasteiger partial charge in [0.1, 0.15) is 17.5 Å². The fourth-order valence-electron chi connectivity index (χ4n) is 3.47. The summed E-state index contributed by atoms with van der Waals surface area (Å²) in [5.41, 5.74) is 4.51. The summed E-state index contributed by atoms with van der Waals surface area (Å²) in [5.74, 6) is 1.62. The lowest BCUT2D eigenvalue weighted by atomic mass is 10.0. The molecular formula is C23H19FN8. The van der Waals surface area contributed by atoms with Gasteiger partial charge in [-0.1, -0.05) is 0 Å². The largest absolute Gasteiger partial charge is 0.324 e. The van der Waals surface area contributed by atoms with Gasteiger partial charge in [-0.2, -0.15) is 10.2 Å². The van der Waals surface area contributed by atoms with Crippen molar-refractivity contribution in [2.45, 2.75) is 13.8 Å². The Kier molecular flexibility index (Phi) is 4.91. The molecule has 32 heavy (non-hydrogen) atoms. The number of halogens is 1. The van der Waals surface area contributed by atoms with E-state index < -0.39 is 0 Å². The quantitative estimate of drug-likeness (QED) is 0.426. The van der Waals surface area contributed by atoms with Crippen LogP contribution in [0.2, 0.25) is 0 Å². The molecule has 0 aliphatic heterocycles. The molecule has 0 saturated heterocycles. The Labute approximate surface area is 183 Å². The molecule has 0 amide bonds. The minimum Gasteiger partial charge on any atom is -0.324 e. The number of nitrogens with zero attached hydrogens (tertiary/aromatic N) is 6. The lowest BCUT2D eigenvalue weighted by molar-refractivity contribution is 0.629. The van der Waals surface area contributed by atoms with E-state index in [-0.39, 0.29) is 5.82 Å². The van der Waals surface area contributed by atoms with Crippen molar-refractivity contribution in [3.05, 3.63) is 84.6 Å². The van der Waals surface area contributed by atoms with E-state index in [1.807, 2.05) is 44.2 Å². The van der Waals surface area contributed by atoms with E-state index in [2.05, 4.69) is 35.6 Å². The second-order valence-corrected chi connectivity index (χ2v) is 7.27. The highest BCUT2D eigenvalue weighted by atomic mass is 19.1. The third-order valence-corrected chi connectivity index (χ3v) is 4.92. The topological polar surface area (TPSA) is 97.2 Å². The molecule has 5 rings (SSSR count). The predicted molar refractivity (Wildman–Crippen MR) is 119 cm³/mol. The van der Waals surface area contributed by atoms with Gasteiger partial charge in [0.05, 0.1) is 17.6 Å². The summed E-state index contributed by atoms with van der Waals surface area (Å²) in [6, 6.07) is 14.3. The molecular weight excluding hydrogens is 407 g/mol. The number of benzene rings is 2. The molecule has 3 aromatic heterocycles. The number of anilines is 2. The summed E-state index contributed by atoms with van der Waals surface area (Å²) in [6.07, 6.45) is 5.01. The standard InChI is InChI=1S/C23H19FN8/c1-14-28-15(2)32(31-14)21-5-3-20(4-6-21)29-23-25-8-7-22(30-23)17-9-16(10-19(24)11-17)18-12-26-27-13-18/h3-13H,1-2H3,(H,26,27)(H,25,29,30). The number of hydrogen-bond donors (Lipinski definition) is 2. The van der Waals surface area contributed by atoms with Crippen LogP contribution in [-0.4, -0.2) is 34.9 Å². The Hall–Kier alpha value is -4.40. The minimum absolute atomic E-state index is 0.346. The zero-order valence-electron chi connectivity index (χ0n) is 17.4. The first-order chi connectivity index (χ1) is 15.5. The minimum atomic E-state index is -0.346. The smallest absolute Gasteiger partial charge is 0.227 e. The maximum atomic E-state index is 14.3. The molecule has 0 saturated carbocycles. The van der Waals surface area contributed by atoms with Gasteiger partial charge in [0.15, 0.2) is 0 Å². The number of H-pyrrole nitrogens is 1. The van der Waals surface area contributed by atoms with Crippen molar-refractivity contribution >= 4 is 11.6 Å². The van der Waals surface area contributed by atoms with Crippen molar-refractivity contribution in [3.63, 3.8) is 0 Å². The fourth-order valence-corrected chi connectivity index (χ4v) is 3.47. The molecule has 0 aliphatic carbocycles. The summed E-state index contributed by atoms with van der Waals surface area (Å²) < 4.78 is 16.0. The molecule has 9 heteroatoms. The molecule has 0 aliphatic rings. The Morgan fingerprint density at radius 2 is 1.75 bits per heavy atom. The van der Waals surface area contributed by atoms with Gasteiger partial charge in [0.25, 0.3) is 0 Å². The first-order valence-electron chi connectivity index (χ1n) is 9.96. The lowest BCUT2D eigenvalue weighted by Gasteiger charge is -2.09. The van der Waals surface area contributed by atoms with Gasteiger partial charge >= 0.3 is 0 Å². The number of nitrogens with one attached hydrogen (secondary N) is 2. The highest BCUT2D eigenvalue weighted by Gasteiger charge is 2.09. The Morgan fingerprint density at radius 3 is 2.47 bits per heavy atom. The molecule has 2 N–H and O–H groups in total. The van der Waals surface area contributed by atoms with Crippen LogP contribution in [0.25, 0.3) is 28.1 Å². The Balaban J connectivity index is 1.40. The van der Waals surface area contributed by atoms with Crippen molar-refractivity contribution in [1.29, 1.82) is 0 Å². The molecule has 0 fully saturated rings. The van der Waals surface area contributed by atoms with E-state index in [0.717, 1.165) is 34.2 Å². The molecule has 0 atom stereocenters.